The van der Waals surface area contributed by atoms with E-state index in [2.05, 4.69) is 10.3 Å². The van der Waals surface area contributed by atoms with E-state index < -0.39 is 4.92 Å². The lowest BCUT2D eigenvalue weighted by Crippen LogP contribution is -2.25. The van der Waals surface area contributed by atoms with Crippen molar-refractivity contribution in [2.45, 2.75) is 6.42 Å². The molecule has 3 rings (SSSR count). The Morgan fingerprint density at radius 3 is 2.81 bits per heavy atom. The van der Waals surface area contributed by atoms with Gasteiger partial charge in [0.05, 0.1) is 15.6 Å². The van der Waals surface area contributed by atoms with Gasteiger partial charge >= 0.3 is 0 Å². The minimum absolute atomic E-state index is 0.127. The van der Waals surface area contributed by atoms with E-state index in [1.54, 1.807) is 12.1 Å². The van der Waals surface area contributed by atoms with Crippen molar-refractivity contribution in [3.63, 3.8) is 0 Å². The zero-order valence-electron chi connectivity index (χ0n) is 13.5. The number of rotatable bonds is 6. The van der Waals surface area contributed by atoms with Crippen molar-refractivity contribution in [1.29, 1.82) is 0 Å². The fourth-order valence-electron chi connectivity index (χ4n) is 2.35. The van der Waals surface area contributed by atoms with Crippen molar-refractivity contribution >= 4 is 22.9 Å². The molecule has 0 atom stereocenters. The molecule has 0 aliphatic heterocycles. The molecule has 26 heavy (non-hydrogen) atoms. The third-order valence-electron chi connectivity index (χ3n) is 3.62. The predicted octanol–water partition coefficient (Wildman–Crippen LogP) is 3.83. The zero-order valence-corrected chi connectivity index (χ0v) is 14.3. The Morgan fingerprint density at radius 1 is 1.23 bits per heavy atom. The van der Waals surface area contributed by atoms with Crippen LogP contribution in [0.15, 0.2) is 53.9 Å². The molecule has 1 aromatic heterocycles. The molecule has 3 aromatic rings. The maximum absolute atomic E-state index is 13.3. The Kier molecular flexibility index (Phi) is 5.33. The second kappa shape index (κ2) is 7.83. The molecule has 0 saturated carbocycles. The number of nitrogens with one attached hydrogen (secondary N) is 1. The molecule has 0 aliphatic carbocycles. The topological polar surface area (TPSA) is 85.1 Å². The lowest BCUT2D eigenvalue weighted by Gasteiger charge is -2.04. The van der Waals surface area contributed by atoms with Crippen LogP contribution >= 0.6 is 11.3 Å². The largest absolute Gasteiger partial charge is 0.352 e. The van der Waals surface area contributed by atoms with Gasteiger partial charge in [-0.25, -0.2) is 9.37 Å². The zero-order chi connectivity index (χ0) is 18.5. The molecular weight excluding hydrogens is 357 g/mol. The van der Waals surface area contributed by atoms with Gasteiger partial charge in [-0.15, -0.1) is 11.3 Å². The van der Waals surface area contributed by atoms with Gasteiger partial charge < -0.3 is 5.32 Å². The number of nitro groups is 1. The van der Waals surface area contributed by atoms with Crippen molar-refractivity contribution in [1.82, 2.24) is 10.3 Å². The Morgan fingerprint density at radius 2 is 2.04 bits per heavy atom. The van der Waals surface area contributed by atoms with Crippen LogP contribution in [0.5, 0.6) is 0 Å². The summed E-state index contributed by atoms with van der Waals surface area (Å²) in [6, 6.07) is 11.8. The number of carbonyl (C=O) groups excluding carboxylic acids is 1. The monoisotopic (exact) mass is 371 g/mol. The third kappa shape index (κ3) is 4.28. The smallest absolute Gasteiger partial charge is 0.270 e. The SMILES string of the molecule is O=C(NCCc1nc(-c2cccc(F)c2)cs1)c1cccc([N+](=O)[O-])c1. The van der Waals surface area contributed by atoms with E-state index in [9.17, 15) is 19.3 Å². The van der Waals surface area contributed by atoms with E-state index in [-0.39, 0.29) is 23.0 Å². The van der Waals surface area contributed by atoms with Crippen molar-refractivity contribution in [2.75, 3.05) is 6.54 Å². The molecule has 1 N–H and O–H groups in total. The van der Waals surface area contributed by atoms with E-state index in [0.29, 0.717) is 24.2 Å². The van der Waals surface area contributed by atoms with E-state index in [1.807, 2.05) is 5.38 Å². The van der Waals surface area contributed by atoms with Gasteiger partial charge in [0.2, 0.25) is 0 Å². The molecule has 0 fully saturated rings. The molecular formula is C18H14FN3O3S. The molecule has 0 bridgehead atoms. The molecule has 0 unspecified atom stereocenters. The van der Waals surface area contributed by atoms with E-state index >= 15 is 0 Å². The fourth-order valence-corrected chi connectivity index (χ4v) is 3.16. The highest BCUT2D eigenvalue weighted by atomic mass is 32.1. The molecule has 132 valence electrons. The highest BCUT2D eigenvalue weighted by Crippen LogP contribution is 2.22. The maximum Gasteiger partial charge on any atom is 0.270 e. The highest BCUT2D eigenvalue weighted by Gasteiger charge is 2.11. The van der Waals surface area contributed by atoms with Crippen LogP contribution in [-0.4, -0.2) is 22.4 Å². The number of halogens is 1. The quantitative estimate of drug-likeness (QED) is 0.527. The van der Waals surface area contributed by atoms with Crippen LogP contribution in [0.1, 0.15) is 15.4 Å². The number of nitrogens with zero attached hydrogens (tertiary/aromatic N) is 2. The van der Waals surface area contributed by atoms with Crippen LogP contribution in [0.4, 0.5) is 10.1 Å². The second-order valence-corrected chi connectivity index (χ2v) is 6.39. The summed E-state index contributed by atoms with van der Waals surface area (Å²) < 4.78 is 13.3. The molecule has 0 radical (unpaired) electrons. The first-order valence-electron chi connectivity index (χ1n) is 7.76. The van der Waals surface area contributed by atoms with E-state index in [1.165, 1.54) is 47.7 Å². The van der Waals surface area contributed by atoms with Gasteiger partial charge in [-0.05, 0) is 18.2 Å². The maximum atomic E-state index is 13.3. The summed E-state index contributed by atoms with van der Waals surface area (Å²) in [5.74, 6) is -0.697. The summed E-state index contributed by atoms with van der Waals surface area (Å²) in [5.41, 5.74) is 1.50. The van der Waals surface area contributed by atoms with Gasteiger partial charge in [0.1, 0.15) is 5.82 Å². The van der Waals surface area contributed by atoms with Gasteiger partial charge in [-0.1, -0.05) is 18.2 Å². The first-order valence-corrected chi connectivity index (χ1v) is 8.64. The summed E-state index contributed by atoms with van der Waals surface area (Å²) in [6.45, 7) is 0.345. The Labute approximate surface area is 152 Å². The van der Waals surface area contributed by atoms with Crippen LogP contribution < -0.4 is 5.32 Å². The summed E-state index contributed by atoms with van der Waals surface area (Å²) in [4.78, 5) is 26.7. The first kappa shape index (κ1) is 17.7. The highest BCUT2D eigenvalue weighted by molar-refractivity contribution is 7.09. The standard InChI is InChI=1S/C18H14FN3O3S/c19-14-5-1-3-12(9-14)16-11-26-17(21-16)7-8-20-18(23)13-4-2-6-15(10-13)22(24)25/h1-6,9-11H,7-8H2,(H,20,23). The lowest BCUT2D eigenvalue weighted by molar-refractivity contribution is -0.384. The molecule has 0 spiro atoms. The number of amides is 1. The van der Waals surface area contributed by atoms with Crippen molar-refractivity contribution < 1.29 is 14.1 Å². The van der Waals surface area contributed by atoms with Crippen molar-refractivity contribution in [2.24, 2.45) is 0 Å². The van der Waals surface area contributed by atoms with Gasteiger partial charge in [-0.2, -0.15) is 0 Å². The van der Waals surface area contributed by atoms with Crippen LogP contribution in [0, 0.1) is 15.9 Å². The normalized spacial score (nSPS) is 10.5. The second-order valence-electron chi connectivity index (χ2n) is 5.45. The Bertz CT molecular complexity index is 958. The number of hydrogen-bond donors (Lipinski definition) is 1. The predicted molar refractivity (Wildman–Crippen MR) is 96.6 cm³/mol. The summed E-state index contributed by atoms with van der Waals surface area (Å²) in [5, 5.41) is 16.1. The van der Waals surface area contributed by atoms with Crippen LogP contribution in [0.3, 0.4) is 0 Å². The number of thiazole rings is 1. The molecule has 2 aromatic carbocycles. The van der Waals surface area contributed by atoms with Crippen molar-refractivity contribution in [3.05, 3.63) is 80.4 Å². The number of carbonyl (C=O) groups is 1. The summed E-state index contributed by atoms with van der Waals surface area (Å²) >= 11 is 1.43. The number of benzene rings is 2. The number of nitro benzene ring substituents is 1. The number of non-ortho nitro benzene ring substituents is 1. The van der Waals surface area contributed by atoms with E-state index in [4.69, 9.17) is 0 Å². The number of hydrogen-bond acceptors (Lipinski definition) is 5. The van der Waals surface area contributed by atoms with Crippen LogP contribution in [0.25, 0.3) is 11.3 Å². The molecule has 0 aliphatic rings. The van der Waals surface area contributed by atoms with Crippen molar-refractivity contribution in [3.8, 4) is 11.3 Å². The minimum Gasteiger partial charge on any atom is -0.352 e. The fraction of sp³-hybridized carbons (Fsp3) is 0.111. The first-order chi connectivity index (χ1) is 12.5. The van der Waals surface area contributed by atoms with Crippen LogP contribution in [-0.2, 0) is 6.42 Å². The number of aromatic nitrogens is 1. The van der Waals surface area contributed by atoms with Crippen LogP contribution in [0.2, 0.25) is 0 Å². The Hall–Kier alpha value is -3.13. The molecule has 6 nitrogen and oxygen atoms in total. The molecule has 8 heteroatoms. The average Bonchev–Trinajstić information content (AvgIpc) is 3.10. The minimum atomic E-state index is -0.541. The Balaban J connectivity index is 1.58. The molecule has 1 heterocycles. The van der Waals surface area contributed by atoms with Gasteiger partial charge in [0, 0.05) is 41.6 Å². The van der Waals surface area contributed by atoms with E-state index in [0.717, 1.165) is 5.01 Å². The van der Waals surface area contributed by atoms with Gasteiger partial charge in [-0.3, -0.25) is 14.9 Å². The molecule has 0 saturated heterocycles. The van der Waals surface area contributed by atoms with Gasteiger partial charge in [0.15, 0.2) is 0 Å². The third-order valence-corrected chi connectivity index (χ3v) is 4.52. The lowest BCUT2D eigenvalue weighted by atomic mass is 10.2. The average molecular weight is 371 g/mol. The summed E-state index contributed by atoms with van der Waals surface area (Å²) in [6.07, 6.45) is 0.515. The van der Waals surface area contributed by atoms with Gasteiger partial charge in [0.25, 0.3) is 11.6 Å². The molecule has 1 amide bonds. The summed E-state index contributed by atoms with van der Waals surface area (Å²) in [7, 11) is 0.